The lowest BCUT2D eigenvalue weighted by molar-refractivity contribution is -0.682. The molecule has 0 saturated heterocycles. The van der Waals surface area contributed by atoms with E-state index in [2.05, 4.69) is 5.32 Å². The van der Waals surface area contributed by atoms with Gasteiger partial charge in [0, 0.05) is 22.7 Å². The first kappa shape index (κ1) is 18.7. The highest BCUT2D eigenvalue weighted by molar-refractivity contribution is 6.30. The predicted octanol–water partition coefficient (Wildman–Crippen LogP) is 2.52. The van der Waals surface area contributed by atoms with Gasteiger partial charge in [0.25, 0.3) is 11.6 Å². The molecule has 132 valence electrons. The van der Waals surface area contributed by atoms with E-state index in [1.54, 1.807) is 6.07 Å². The van der Waals surface area contributed by atoms with Crippen molar-refractivity contribution in [3.63, 3.8) is 0 Å². The summed E-state index contributed by atoms with van der Waals surface area (Å²) in [6, 6.07) is 11.5. The molecule has 7 nitrogen and oxygen atoms in total. The van der Waals surface area contributed by atoms with E-state index in [0.29, 0.717) is 10.8 Å². The van der Waals surface area contributed by atoms with E-state index < -0.39 is 4.92 Å². The molecule has 0 aliphatic carbocycles. The number of hydrogen-bond donors (Lipinski definition) is 2. The van der Waals surface area contributed by atoms with Crippen molar-refractivity contribution in [2.75, 3.05) is 19.0 Å². The van der Waals surface area contributed by atoms with Crippen LogP contribution >= 0.6 is 11.6 Å². The molecule has 0 spiro atoms. The Bertz CT molecular complexity index is 782. The van der Waals surface area contributed by atoms with Crippen molar-refractivity contribution in [1.29, 1.82) is 0 Å². The zero-order chi connectivity index (χ0) is 18.4. The summed E-state index contributed by atoms with van der Waals surface area (Å²) in [5, 5.41) is 16.0. The van der Waals surface area contributed by atoms with Gasteiger partial charge in [-0.15, -0.1) is 0 Å². The number of amides is 1. The molecule has 25 heavy (non-hydrogen) atoms. The van der Waals surface area contributed by atoms with Gasteiger partial charge in [0.1, 0.15) is 11.8 Å². The van der Waals surface area contributed by atoms with Gasteiger partial charge in [0.05, 0.1) is 17.7 Å². The second-order valence-electron chi connectivity index (χ2n) is 5.47. The van der Waals surface area contributed by atoms with Crippen molar-refractivity contribution in [1.82, 2.24) is 0 Å². The Hall–Kier alpha value is -2.64. The summed E-state index contributed by atoms with van der Waals surface area (Å²) < 4.78 is 5.13. The van der Waals surface area contributed by atoms with E-state index in [4.69, 9.17) is 16.3 Å². The standard InChI is InChI=1S/C17H18ClN3O4/c1-11(12-4-3-5-13(18)8-12)19-10-17(22)20-15-9-14(21(23)24)6-7-16(15)25-2/h3-9,11,19H,10H2,1-2H3,(H,20,22)/p+1/t11-/m1/s1. The second-order valence-corrected chi connectivity index (χ2v) is 5.91. The Morgan fingerprint density at radius 3 is 2.76 bits per heavy atom. The molecule has 0 saturated carbocycles. The number of rotatable bonds is 7. The van der Waals surface area contributed by atoms with E-state index in [0.717, 1.165) is 5.56 Å². The first-order chi connectivity index (χ1) is 11.9. The molecular weight excluding hydrogens is 346 g/mol. The first-order valence-corrected chi connectivity index (χ1v) is 7.99. The number of quaternary nitrogens is 1. The van der Waals surface area contributed by atoms with Crippen molar-refractivity contribution < 1.29 is 19.8 Å². The van der Waals surface area contributed by atoms with Crippen LogP contribution in [0, 0.1) is 10.1 Å². The molecule has 8 heteroatoms. The summed E-state index contributed by atoms with van der Waals surface area (Å²) in [7, 11) is 1.43. The molecule has 2 aromatic carbocycles. The lowest BCUT2D eigenvalue weighted by atomic mass is 10.1. The minimum absolute atomic E-state index is 0.0384. The zero-order valence-electron chi connectivity index (χ0n) is 13.9. The lowest BCUT2D eigenvalue weighted by Crippen LogP contribution is -2.86. The van der Waals surface area contributed by atoms with Gasteiger partial charge in [-0.2, -0.15) is 0 Å². The molecule has 0 bridgehead atoms. The van der Waals surface area contributed by atoms with Crippen LogP contribution in [0.15, 0.2) is 42.5 Å². The minimum atomic E-state index is -0.525. The number of carbonyl (C=O) groups excluding carboxylic acids is 1. The number of methoxy groups -OCH3 is 1. The maximum Gasteiger partial charge on any atom is 0.279 e. The molecule has 1 atom stereocenters. The van der Waals surface area contributed by atoms with E-state index >= 15 is 0 Å². The number of benzene rings is 2. The molecule has 0 fully saturated rings. The SMILES string of the molecule is COc1ccc([N+](=O)[O-])cc1NC(=O)C[NH2+][C@H](C)c1cccc(Cl)c1. The van der Waals surface area contributed by atoms with E-state index in [1.165, 1.54) is 25.3 Å². The third-order valence-electron chi connectivity index (χ3n) is 3.70. The third-order valence-corrected chi connectivity index (χ3v) is 3.93. The zero-order valence-corrected chi connectivity index (χ0v) is 14.6. The Morgan fingerprint density at radius 1 is 1.36 bits per heavy atom. The molecule has 2 rings (SSSR count). The number of nitrogens with one attached hydrogen (secondary N) is 1. The van der Waals surface area contributed by atoms with Gasteiger partial charge in [0.15, 0.2) is 6.54 Å². The normalized spacial score (nSPS) is 11.6. The van der Waals surface area contributed by atoms with Gasteiger partial charge in [-0.3, -0.25) is 14.9 Å². The summed E-state index contributed by atoms with van der Waals surface area (Å²) in [5.41, 5.74) is 1.16. The van der Waals surface area contributed by atoms with Gasteiger partial charge in [-0.1, -0.05) is 23.7 Å². The number of nitro benzene ring substituents is 1. The summed E-state index contributed by atoms with van der Waals surface area (Å²) in [6.07, 6.45) is 0. The van der Waals surface area contributed by atoms with Gasteiger partial charge in [-0.25, -0.2) is 0 Å². The fourth-order valence-electron chi connectivity index (χ4n) is 2.32. The number of nitro groups is 1. The summed E-state index contributed by atoms with van der Waals surface area (Å²) in [4.78, 5) is 22.5. The fraction of sp³-hybridized carbons (Fsp3) is 0.235. The van der Waals surface area contributed by atoms with Crippen molar-refractivity contribution >= 4 is 28.9 Å². The van der Waals surface area contributed by atoms with Crippen molar-refractivity contribution in [3.05, 3.63) is 63.2 Å². The number of hydrogen-bond acceptors (Lipinski definition) is 4. The van der Waals surface area contributed by atoms with Crippen LogP contribution in [0.5, 0.6) is 5.75 Å². The van der Waals surface area contributed by atoms with E-state index in [9.17, 15) is 14.9 Å². The number of non-ortho nitro benzene ring substituents is 1. The Balaban J connectivity index is 2.00. The average molecular weight is 365 g/mol. The predicted molar refractivity (Wildman–Crippen MR) is 94.9 cm³/mol. The number of halogens is 1. The molecule has 0 heterocycles. The molecule has 0 aliphatic rings. The van der Waals surface area contributed by atoms with Crippen LogP contribution in [0.4, 0.5) is 11.4 Å². The van der Waals surface area contributed by atoms with Gasteiger partial charge < -0.3 is 15.4 Å². The monoisotopic (exact) mass is 364 g/mol. The van der Waals surface area contributed by atoms with Crippen LogP contribution in [0.1, 0.15) is 18.5 Å². The van der Waals surface area contributed by atoms with Crippen molar-refractivity contribution in [3.8, 4) is 5.75 Å². The molecular formula is C17H19ClN3O4+. The Labute approximate surface area is 150 Å². The van der Waals surface area contributed by atoms with Crippen molar-refractivity contribution in [2.24, 2.45) is 0 Å². The fourth-order valence-corrected chi connectivity index (χ4v) is 2.52. The quantitative estimate of drug-likeness (QED) is 0.582. The van der Waals surface area contributed by atoms with E-state index in [-0.39, 0.29) is 29.9 Å². The Morgan fingerprint density at radius 2 is 2.12 bits per heavy atom. The number of ether oxygens (including phenoxy) is 1. The smallest absolute Gasteiger partial charge is 0.279 e. The summed E-state index contributed by atoms with van der Waals surface area (Å²) in [5.74, 6) is 0.0783. The number of nitrogens with zero attached hydrogens (tertiary/aromatic N) is 1. The maximum absolute atomic E-state index is 12.2. The van der Waals surface area contributed by atoms with Gasteiger partial charge in [0.2, 0.25) is 0 Å². The van der Waals surface area contributed by atoms with Crippen LogP contribution in [0.2, 0.25) is 5.02 Å². The summed E-state index contributed by atoms with van der Waals surface area (Å²) in [6.45, 7) is 2.12. The van der Waals surface area contributed by atoms with E-state index in [1.807, 2.05) is 30.4 Å². The van der Waals surface area contributed by atoms with Crippen LogP contribution in [-0.4, -0.2) is 24.5 Å². The molecule has 3 N–H and O–H groups in total. The molecule has 1 amide bonds. The number of nitrogens with two attached hydrogens (primary N) is 1. The molecule has 2 aromatic rings. The largest absolute Gasteiger partial charge is 0.495 e. The molecule has 0 aromatic heterocycles. The second kappa shape index (κ2) is 8.46. The molecule has 0 aliphatic heterocycles. The average Bonchev–Trinajstić information content (AvgIpc) is 2.59. The molecule has 0 radical (unpaired) electrons. The highest BCUT2D eigenvalue weighted by Gasteiger charge is 2.16. The number of carbonyl (C=O) groups is 1. The van der Waals surface area contributed by atoms with Crippen LogP contribution in [-0.2, 0) is 4.79 Å². The maximum atomic E-state index is 12.2. The first-order valence-electron chi connectivity index (χ1n) is 7.61. The summed E-state index contributed by atoms with van der Waals surface area (Å²) >= 11 is 5.97. The third kappa shape index (κ3) is 5.17. The van der Waals surface area contributed by atoms with Crippen molar-refractivity contribution in [2.45, 2.75) is 13.0 Å². The molecule has 0 unspecified atom stereocenters. The highest BCUT2D eigenvalue weighted by atomic mass is 35.5. The van der Waals surface area contributed by atoms with Crippen LogP contribution < -0.4 is 15.4 Å². The minimum Gasteiger partial charge on any atom is -0.495 e. The topological polar surface area (TPSA) is 98.1 Å². The van der Waals surface area contributed by atoms with Crippen LogP contribution in [0.25, 0.3) is 0 Å². The van der Waals surface area contributed by atoms with Gasteiger partial charge >= 0.3 is 0 Å². The number of anilines is 1. The highest BCUT2D eigenvalue weighted by Crippen LogP contribution is 2.28. The van der Waals surface area contributed by atoms with Crippen LogP contribution in [0.3, 0.4) is 0 Å². The lowest BCUT2D eigenvalue weighted by Gasteiger charge is -2.13. The Kier molecular flexibility index (Phi) is 6.32. The van der Waals surface area contributed by atoms with Gasteiger partial charge in [-0.05, 0) is 25.1 Å².